The molecule has 1 aromatic heterocycles. The van der Waals surface area contributed by atoms with Gasteiger partial charge in [0.25, 0.3) is 11.2 Å². The van der Waals surface area contributed by atoms with Crippen LogP contribution in [0.25, 0.3) is 33.2 Å². The topological polar surface area (TPSA) is 99.3 Å². The summed E-state index contributed by atoms with van der Waals surface area (Å²) in [6.07, 6.45) is 2.33. The zero-order valence-corrected chi connectivity index (χ0v) is 17.7. The van der Waals surface area contributed by atoms with Gasteiger partial charge in [-0.15, -0.1) is 0 Å². The molecule has 1 aliphatic heterocycles. The molecule has 1 spiro atoms. The molecule has 4 aromatic rings. The fourth-order valence-electron chi connectivity index (χ4n) is 5.31. The van der Waals surface area contributed by atoms with Crippen LogP contribution in [0.2, 0.25) is 0 Å². The number of nitrogens with zero attached hydrogens (tertiary/aromatic N) is 2. The predicted octanol–water partition coefficient (Wildman–Crippen LogP) is 4.40. The van der Waals surface area contributed by atoms with Crippen molar-refractivity contribution in [2.45, 2.75) is 12.0 Å². The number of nitro groups is 1. The Balaban J connectivity index is 1.88. The number of pyridine rings is 1. The van der Waals surface area contributed by atoms with Crippen LogP contribution in [0.3, 0.4) is 0 Å². The van der Waals surface area contributed by atoms with Crippen molar-refractivity contribution in [2.24, 2.45) is 0 Å². The quantitative estimate of drug-likeness (QED) is 0.334. The van der Waals surface area contributed by atoms with Crippen molar-refractivity contribution in [1.29, 1.82) is 0 Å². The minimum atomic E-state index is -1.49. The van der Waals surface area contributed by atoms with Crippen molar-refractivity contribution in [1.82, 2.24) is 4.57 Å². The zero-order valence-electron chi connectivity index (χ0n) is 17.7. The number of benzene rings is 3. The molecule has 0 amide bonds. The van der Waals surface area contributed by atoms with Crippen LogP contribution in [0, 0.1) is 10.1 Å². The number of hydrogen-bond donors (Lipinski definition) is 0. The predicted molar refractivity (Wildman–Crippen MR) is 127 cm³/mol. The lowest BCUT2D eigenvalue weighted by Crippen LogP contribution is -2.48. The molecule has 0 saturated heterocycles. The second kappa shape index (κ2) is 6.92. The van der Waals surface area contributed by atoms with Gasteiger partial charge in [0.2, 0.25) is 0 Å². The van der Waals surface area contributed by atoms with Gasteiger partial charge in [-0.1, -0.05) is 54.6 Å². The van der Waals surface area contributed by atoms with Crippen molar-refractivity contribution < 1.29 is 14.5 Å². The number of carbonyl (C=O) groups excluding carboxylic acids is 2. The van der Waals surface area contributed by atoms with Crippen molar-refractivity contribution in [2.75, 3.05) is 0 Å². The van der Waals surface area contributed by atoms with E-state index in [2.05, 4.69) is 0 Å². The standard InChI is InChI=1S/C27H16N2O5/c30-18-11-13-23(31)27(15-18)22-9-5-4-8-20(22)25-24(16-6-2-1-3-7-16)21-14-17(29(33)34)10-12-19(21)26(32)28(25)27/h1-14H,15H2/t27-/m1/s1. The Morgan fingerprint density at radius 1 is 0.853 bits per heavy atom. The van der Waals surface area contributed by atoms with E-state index >= 15 is 0 Å². The third kappa shape index (κ3) is 2.49. The Morgan fingerprint density at radius 2 is 1.59 bits per heavy atom. The molecule has 1 aliphatic carbocycles. The number of fused-ring (bicyclic) bond motifs is 6. The summed E-state index contributed by atoms with van der Waals surface area (Å²) in [6.45, 7) is 0. The molecule has 2 heterocycles. The second-order valence-corrected chi connectivity index (χ2v) is 8.46. The van der Waals surface area contributed by atoms with Crippen LogP contribution in [0.4, 0.5) is 5.69 Å². The summed E-state index contributed by atoms with van der Waals surface area (Å²) in [5.74, 6) is -0.597. The van der Waals surface area contributed by atoms with Gasteiger partial charge in [-0.3, -0.25) is 29.1 Å². The lowest BCUT2D eigenvalue weighted by molar-refractivity contribution is -0.384. The molecule has 0 bridgehead atoms. The van der Waals surface area contributed by atoms with E-state index in [9.17, 15) is 24.5 Å². The number of hydrogen-bond acceptors (Lipinski definition) is 5. The summed E-state index contributed by atoms with van der Waals surface area (Å²) in [5, 5.41) is 12.2. The van der Waals surface area contributed by atoms with Gasteiger partial charge in [0.15, 0.2) is 11.6 Å². The summed E-state index contributed by atoms with van der Waals surface area (Å²) < 4.78 is 1.44. The summed E-state index contributed by atoms with van der Waals surface area (Å²) in [7, 11) is 0. The van der Waals surface area contributed by atoms with Crippen molar-refractivity contribution in [3.8, 4) is 22.4 Å². The van der Waals surface area contributed by atoms with Crippen LogP contribution in [0.15, 0.2) is 89.7 Å². The minimum Gasteiger partial charge on any atom is -0.295 e. The molecular formula is C27H16N2O5. The average Bonchev–Trinajstić information content (AvgIpc) is 3.13. The SMILES string of the molecule is O=C1C=CC(=O)[C@@]2(C1)c1ccccc1-c1c(-c3ccccc3)c3cc([N+](=O)[O-])ccc3c(=O)n12. The fraction of sp³-hybridized carbons (Fsp3) is 0.0741. The van der Waals surface area contributed by atoms with Crippen LogP contribution in [-0.2, 0) is 15.1 Å². The lowest BCUT2D eigenvalue weighted by Gasteiger charge is -2.32. The molecule has 0 fully saturated rings. The number of nitro benzene ring substituents is 1. The van der Waals surface area contributed by atoms with Crippen molar-refractivity contribution >= 4 is 28.0 Å². The van der Waals surface area contributed by atoms with E-state index in [1.165, 1.54) is 34.9 Å². The maximum Gasteiger partial charge on any atom is 0.270 e. The molecule has 1 atom stereocenters. The summed E-state index contributed by atoms with van der Waals surface area (Å²) in [4.78, 5) is 51.1. The highest BCUT2D eigenvalue weighted by atomic mass is 16.6. The number of aromatic nitrogens is 1. The summed E-state index contributed by atoms with van der Waals surface area (Å²) in [6, 6.07) is 20.6. The van der Waals surface area contributed by atoms with E-state index in [1.807, 2.05) is 42.5 Å². The molecule has 0 saturated carbocycles. The van der Waals surface area contributed by atoms with Crippen molar-refractivity contribution in [3.05, 3.63) is 111 Å². The van der Waals surface area contributed by atoms with E-state index < -0.39 is 16.0 Å². The van der Waals surface area contributed by atoms with Crippen LogP contribution in [0.5, 0.6) is 0 Å². The molecule has 0 unspecified atom stereocenters. The van der Waals surface area contributed by atoms with E-state index in [0.29, 0.717) is 27.8 Å². The third-order valence-electron chi connectivity index (χ3n) is 6.71. The molecule has 34 heavy (non-hydrogen) atoms. The Morgan fingerprint density at radius 3 is 2.35 bits per heavy atom. The summed E-state index contributed by atoms with van der Waals surface area (Å²) in [5.41, 5.74) is 0.978. The largest absolute Gasteiger partial charge is 0.295 e. The monoisotopic (exact) mass is 448 g/mol. The Bertz CT molecular complexity index is 1670. The molecule has 0 radical (unpaired) electrons. The highest BCUT2D eigenvalue weighted by Gasteiger charge is 2.52. The fourth-order valence-corrected chi connectivity index (χ4v) is 5.31. The number of allylic oxidation sites excluding steroid dienone is 2. The van der Waals surface area contributed by atoms with E-state index in [0.717, 1.165) is 5.56 Å². The normalized spacial score (nSPS) is 18.4. The molecular weight excluding hydrogens is 432 g/mol. The molecule has 3 aromatic carbocycles. The van der Waals surface area contributed by atoms with E-state index in [4.69, 9.17) is 0 Å². The van der Waals surface area contributed by atoms with Gasteiger partial charge >= 0.3 is 0 Å². The van der Waals surface area contributed by atoms with Gasteiger partial charge in [0.05, 0.1) is 10.6 Å². The number of non-ortho nitro benzene ring substituents is 1. The third-order valence-corrected chi connectivity index (χ3v) is 6.71. The van der Waals surface area contributed by atoms with Gasteiger partial charge in [-0.2, -0.15) is 0 Å². The van der Waals surface area contributed by atoms with Gasteiger partial charge in [0, 0.05) is 40.5 Å². The Hall–Kier alpha value is -4.65. The molecule has 2 aliphatic rings. The van der Waals surface area contributed by atoms with E-state index in [1.54, 1.807) is 12.1 Å². The smallest absolute Gasteiger partial charge is 0.270 e. The zero-order chi connectivity index (χ0) is 23.6. The average molecular weight is 448 g/mol. The van der Waals surface area contributed by atoms with Crippen molar-refractivity contribution in [3.63, 3.8) is 0 Å². The highest BCUT2D eigenvalue weighted by molar-refractivity contribution is 6.15. The number of carbonyl (C=O) groups is 2. The van der Waals surface area contributed by atoms with Crippen LogP contribution in [0.1, 0.15) is 12.0 Å². The number of rotatable bonds is 2. The number of ketones is 2. The maximum absolute atomic E-state index is 14.0. The van der Waals surface area contributed by atoms with Crippen LogP contribution < -0.4 is 5.56 Å². The first kappa shape index (κ1) is 20.0. The summed E-state index contributed by atoms with van der Waals surface area (Å²) >= 11 is 0. The molecule has 7 nitrogen and oxygen atoms in total. The highest BCUT2D eigenvalue weighted by Crippen LogP contribution is 2.51. The van der Waals surface area contributed by atoms with Gasteiger partial charge in [0.1, 0.15) is 5.54 Å². The molecule has 164 valence electrons. The Kier molecular flexibility index (Phi) is 4.07. The molecule has 6 rings (SSSR count). The first-order valence-corrected chi connectivity index (χ1v) is 10.7. The molecule has 7 heteroatoms. The van der Waals surface area contributed by atoms with E-state index in [-0.39, 0.29) is 29.1 Å². The molecule has 0 N–H and O–H groups in total. The van der Waals surface area contributed by atoms with Gasteiger partial charge in [-0.25, -0.2) is 0 Å². The van der Waals surface area contributed by atoms with Crippen LogP contribution in [-0.4, -0.2) is 21.1 Å². The maximum atomic E-state index is 14.0. The Labute approximate surface area is 192 Å². The second-order valence-electron chi connectivity index (χ2n) is 8.46. The minimum absolute atomic E-state index is 0.137. The first-order chi connectivity index (χ1) is 16.4. The lowest BCUT2D eigenvalue weighted by atomic mass is 9.78. The van der Waals surface area contributed by atoms with Crippen LogP contribution >= 0.6 is 0 Å². The van der Waals surface area contributed by atoms with Gasteiger partial charge < -0.3 is 0 Å². The first-order valence-electron chi connectivity index (χ1n) is 10.7. The van der Waals surface area contributed by atoms with Gasteiger partial charge in [-0.05, 0) is 29.3 Å².